The molecule has 0 saturated carbocycles. The Bertz CT molecular complexity index is 1210. The summed E-state index contributed by atoms with van der Waals surface area (Å²) < 4.78 is 20.1. The van der Waals surface area contributed by atoms with Crippen molar-refractivity contribution >= 4 is 22.8 Å². The summed E-state index contributed by atoms with van der Waals surface area (Å²) in [7, 11) is 0. The normalized spacial score (nSPS) is 11.4. The molecular weight excluding hydrogens is 373 g/mol. The smallest absolute Gasteiger partial charge is 0.259 e. The number of benzene rings is 1. The van der Waals surface area contributed by atoms with Crippen LogP contribution in [0.4, 0.5) is 10.2 Å². The first kappa shape index (κ1) is 18.8. The van der Waals surface area contributed by atoms with Crippen LogP contribution in [0.3, 0.4) is 0 Å². The Morgan fingerprint density at radius 3 is 2.59 bits per heavy atom. The highest BCUT2D eigenvalue weighted by atomic mass is 19.1. The number of aromatic nitrogens is 4. The maximum absolute atomic E-state index is 13.3. The summed E-state index contributed by atoms with van der Waals surface area (Å²) in [5.41, 5.74) is 3.45. The molecular formula is C21H20FN5O2. The number of amides is 1. The number of hydrogen-bond acceptors (Lipinski definition) is 5. The summed E-state index contributed by atoms with van der Waals surface area (Å²) in [5, 5.41) is 11.8. The Balaban J connectivity index is 1.76. The van der Waals surface area contributed by atoms with E-state index in [1.807, 2.05) is 20.8 Å². The molecule has 1 aromatic carbocycles. The molecule has 148 valence electrons. The van der Waals surface area contributed by atoms with Crippen molar-refractivity contribution < 1.29 is 13.7 Å². The van der Waals surface area contributed by atoms with E-state index in [1.165, 1.54) is 12.1 Å². The number of fused-ring (bicyclic) bond motifs is 1. The average Bonchev–Trinajstić information content (AvgIpc) is 3.24. The highest BCUT2D eigenvalue weighted by molar-refractivity contribution is 6.12. The molecule has 0 spiro atoms. The minimum Gasteiger partial charge on any atom is -0.336 e. The van der Waals surface area contributed by atoms with Crippen LogP contribution in [0.25, 0.3) is 16.8 Å². The standard InChI is InChI=1S/C21H20FN5O2/c1-11(2)17-10-16(19-13(4)26-29-21(19)23-17)20(28)24-18-9-12(3)25-27(18)15-7-5-14(22)6-8-15/h5-11H,1-4H3,(H,24,28). The molecule has 0 fully saturated rings. The first-order valence-corrected chi connectivity index (χ1v) is 9.24. The number of aryl methyl sites for hydroxylation is 2. The number of rotatable bonds is 4. The van der Waals surface area contributed by atoms with Gasteiger partial charge in [-0.2, -0.15) is 5.10 Å². The zero-order chi connectivity index (χ0) is 20.7. The van der Waals surface area contributed by atoms with Gasteiger partial charge in [0.2, 0.25) is 0 Å². The Hall–Kier alpha value is -3.55. The lowest BCUT2D eigenvalue weighted by atomic mass is 10.0. The third-order valence-electron chi connectivity index (χ3n) is 4.62. The summed E-state index contributed by atoms with van der Waals surface area (Å²) >= 11 is 0. The van der Waals surface area contributed by atoms with Crippen LogP contribution in [0.5, 0.6) is 0 Å². The van der Waals surface area contributed by atoms with Crippen molar-refractivity contribution in [1.29, 1.82) is 0 Å². The molecule has 0 aliphatic heterocycles. The van der Waals surface area contributed by atoms with Crippen molar-refractivity contribution in [3.8, 4) is 5.69 Å². The topological polar surface area (TPSA) is 85.8 Å². The molecule has 3 aromatic heterocycles. The molecule has 0 bridgehead atoms. The van der Waals surface area contributed by atoms with Crippen LogP contribution in [0.15, 0.2) is 40.9 Å². The molecule has 0 aliphatic carbocycles. The molecule has 0 unspecified atom stereocenters. The zero-order valence-corrected chi connectivity index (χ0v) is 16.5. The molecule has 1 N–H and O–H groups in total. The van der Waals surface area contributed by atoms with Gasteiger partial charge in [0.25, 0.3) is 11.6 Å². The highest BCUT2D eigenvalue weighted by Crippen LogP contribution is 2.26. The fourth-order valence-corrected chi connectivity index (χ4v) is 3.14. The Kier molecular flexibility index (Phi) is 4.62. The molecule has 4 aromatic rings. The van der Waals surface area contributed by atoms with E-state index in [0.29, 0.717) is 39.6 Å². The second-order valence-corrected chi connectivity index (χ2v) is 7.21. The first-order chi connectivity index (χ1) is 13.8. The second-order valence-electron chi connectivity index (χ2n) is 7.21. The van der Waals surface area contributed by atoms with Gasteiger partial charge < -0.3 is 9.84 Å². The molecule has 29 heavy (non-hydrogen) atoms. The molecule has 0 atom stereocenters. The monoisotopic (exact) mass is 393 g/mol. The molecule has 0 aliphatic rings. The second kappa shape index (κ2) is 7.12. The van der Waals surface area contributed by atoms with Gasteiger partial charge in [-0.3, -0.25) is 4.79 Å². The van der Waals surface area contributed by atoms with Crippen LogP contribution < -0.4 is 5.32 Å². The Morgan fingerprint density at radius 1 is 1.17 bits per heavy atom. The van der Waals surface area contributed by atoms with Gasteiger partial charge in [0, 0.05) is 11.8 Å². The van der Waals surface area contributed by atoms with E-state index in [1.54, 1.807) is 35.9 Å². The van der Waals surface area contributed by atoms with E-state index >= 15 is 0 Å². The lowest BCUT2D eigenvalue weighted by molar-refractivity contribution is 0.102. The number of anilines is 1. The number of halogens is 1. The van der Waals surface area contributed by atoms with Crippen LogP contribution in [0.1, 0.15) is 47.2 Å². The van der Waals surface area contributed by atoms with E-state index in [9.17, 15) is 9.18 Å². The summed E-state index contributed by atoms with van der Waals surface area (Å²) in [6.07, 6.45) is 0. The van der Waals surface area contributed by atoms with E-state index in [-0.39, 0.29) is 17.6 Å². The number of carbonyl (C=O) groups excluding carboxylic acids is 1. The zero-order valence-electron chi connectivity index (χ0n) is 16.5. The quantitative estimate of drug-likeness (QED) is 0.550. The minimum atomic E-state index is -0.341. The van der Waals surface area contributed by atoms with E-state index in [2.05, 4.69) is 20.6 Å². The molecule has 8 heteroatoms. The number of nitrogens with one attached hydrogen (secondary N) is 1. The van der Waals surface area contributed by atoms with Crippen LogP contribution in [-0.4, -0.2) is 25.8 Å². The van der Waals surface area contributed by atoms with Crippen molar-refractivity contribution in [3.05, 3.63) is 64.9 Å². The van der Waals surface area contributed by atoms with Gasteiger partial charge in [0.1, 0.15) is 11.6 Å². The predicted octanol–water partition coefficient (Wildman–Crippen LogP) is 4.54. The number of pyridine rings is 1. The molecule has 1 amide bonds. The van der Waals surface area contributed by atoms with Gasteiger partial charge in [0.15, 0.2) is 0 Å². The SMILES string of the molecule is Cc1cc(NC(=O)c2cc(C(C)C)nc3onc(C)c23)n(-c2ccc(F)cc2)n1. The average molecular weight is 393 g/mol. The number of hydrogen-bond donors (Lipinski definition) is 1. The first-order valence-electron chi connectivity index (χ1n) is 9.24. The van der Waals surface area contributed by atoms with E-state index in [4.69, 9.17) is 4.52 Å². The molecule has 7 nitrogen and oxygen atoms in total. The summed E-state index contributed by atoms with van der Waals surface area (Å²) in [4.78, 5) is 17.7. The van der Waals surface area contributed by atoms with E-state index < -0.39 is 0 Å². The minimum absolute atomic E-state index is 0.114. The molecule has 0 saturated heterocycles. The maximum atomic E-state index is 13.3. The largest absolute Gasteiger partial charge is 0.336 e. The number of carbonyl (C=O) groups is 1. The van der Waals surface area contributed by atoms with Crippen molar-refractivity contribution in [2.45, 2.75) is 33.6 Å². The van der Waals surface area contributed by atoms with Gasteiger partial charge in [-0.05, 0) is 50.1 Å². The van der Waals surface area contributed by atoms with Crippen LogP contribution in [-0.2, 0) is 0 Å². The van der Waals surface area contributed by atoms with Crippen molar-refractivity contribution in [2.75, 3.05) is 5.32 Å². The lowest BCUT2D eigenvalue weighted by Gasteiger charge is -2.11. The summed E-state index contributed by atoms with van der Waals surface area (Å²) in [6, 6.07) is 9.41. The molecule has 4 rings (SSSR count). The molecule has 3 heterocycles. The van der Waals surface area contributed by atoms with Gasteiger partial charge in [-0.25, -0.2) is 14.1 Å². The van der Waals surface area contributed by atoms with Crippen LogP contribution in [0, 0.1) is 19.7 Å². The third kappa shape index (κ3) is 3.49. The van der Waals surface area contributed by atoms with Gasteiger partial charge in [-0.1, -0.05) is 19.0 Å². The van der Waals surface area contributed by atoms with Crippen molar-refractivity contribution in [3.63, 3.8) is 0 Å². The van der Waals surface area contributed by atoms with Crippen LogP contribution in [0.2, 0.25) is 0 Å². The Labute approximate surface area is 166 Å². The van der Waals surface area contributed by atoms with E-state index in [0.717, 1.165) is 5.69 Å². The third-order valence-corrected chi connectivity index (χ3v) is 4.62. The highest BCUT2D eigenvalue weighted by Gasteiger charge is 2.21. The summed E-state index contributed by atoms with van der Waals surface area (Å²) in [5.74, 6) is -0.0759. The van der Waals surface area contributed by atoms with Gasteiger partial charge >= 0.3 is 0 Å². The predicted molar refractivity (Wildman–Crippen MR) is 107 cm³/mol. The van der Waals surface area contributed by atoms with Crippen LogP contribution >= 0.6 is 0 Å². The fourth-order valence-electron chi connectivity index (χ4n) is 3.14. The van der Waals surface area contributed by atoms with Gasteiger partial charge in [0.05, 0.1) is 28.0 Å². The van der Waals surface area contributed by atoms with Gasteiger partial charge in [-0.15, -0.1) is 0 Å². The molecule has 0 radical (unpaired) electrons. The fraction of sp³-hybridized carbons (Fsp3) is 0.238. The maximum Gasteiger partial charge on any atom is 0.259 e. The summed E-state index contributed by atoms with van der Waals surface area (Å²) in [6.45, 7) is 7.58. The lowest BCUT2D eigenvalue weighted by Crippen LogP contribution is -2.16. The Morgan fingerprint density at radius 2 is 1.90 bits per heavy atom. The number of nitrogens with zero attached hydrogens (tertiary/aromatic N) is 4. The van der Waals surface area contributed by atoms with Crippen molar-refractivity contribution in [1.82, 2.24) is 19.9 Å². The van der Waals surface area contributed by atoms with Crippen molar-refractivity contribution in [2.24, 2.45) is 0 Å².